The summed E-state index contributed by atoms with van der Waals surface area (Å²) < 4.78 is 10.4. The number of anilines is 1. The van der Waals surface area contributed by atoms with Gasteiger partial charge in [-0.3, -0.25) is 14.6 Å². The predicted octanol–water partition coefficient (Wildman–Crippen LogP) is 3.83. The zero-order chi connectivity index (χ0) is 28.8. The van der Waals surface area contributed by atoms with Gasteiger partial charge in [-0.2, -0.15) is 4.98 Å². The van der Waals surface area contributed by atoms with Crippen molar-refractivity contribution in [2.45, 2.75) is 46.8 Å². The first-order chi connectivity index (χ1) is 19.1. The Bertz CT molecular complexity index is 1350. The highest BCUT2D eigenvalue weighted by atomic mass is 35.5. The fourth-order valence-corrected chi connectivity index (χ4v) is 4.55. The lowest BCUT2D eigenvalue weighted by atomic mass is 10.1. The van der Waals surface area contributed by atoms with Crippen molar-refractivity contribution in [3.8, 4) is 17.1 Å². The molecule has 0 fully saturated rings. The molecule has 4 rings (SSSR count). The van der Waals surface area contributed by atoms with Crippen molar-refractivity contribution >= 4 is 42.3 Å². The quantitative estimate of drug-likeness (QED) is 0.311. The highest BCUT2D eigenvalue weighted by Crippen LogP contribution is 2.27. The molecule has 1 aromatic heterocycles. The number of amides is 2. The Labute approximate surface area is 259 Å². The molecule has 1 aliphatic rings. The van der Waals surface area contributed by atoms with Gasteiger partial charge in [-0.05, 0) is 41.8 Å². The Balaban J connectivity index is 0.00000308. The molecule has 0 bridgehead atoms. The fraction of sp³-hybridized carbons (Fsp3) is 0.448. The molecule has 0 saturated carbocycles. The molecule has 2 amide bonds. The van der Waals surface area contributed by atoms with Gasteiger partial charge in [0.05, 0.1) is 13.7 Å². The number of nitrogens with zero attached hydrogens (tertiary/aromatic N) is 5. The monoisotopic (exact) mass is 621 g/mol. The van der Waals surface area contributed by atoms with Gasteiger partial charge in [0.2, 0.25) is 17.6 Å². The van der Waals surface area contributed by atoms with Crippen LogP contribution in [0, 0.1) is 13.8 Å². The number of methoxy groups -OCH3 is 1. The third-order valence-electron chi connectivity index (χ3n) is 6.97. The average Bonchev–Trinajstić information content (AvgIpc) is 3.56. The largest absolute Gasteiger partial charge is 0.497 e. The zero-order valence-electron chi connectivity index (χ0n) is 25.0. The van der Waals surface area contributed by atoms with Gasteiger partial charge in [-0.15, -0.1) is 24.8 Å². The fourth-order valence-electron chi connectivity index (χ4n) is 4.55. The minimum absolute atomic E-state index is 0. The molecule has 0 aliphatic carbocycles. The smallest absolute Gasteiger partial charge is 0.256 e. The molecule has 42 heavy (non-hydrogen) atoms. The third-order valence-corrected chi connectivity index (χ3v) is 6.97. The lowest BCUT2D eigenvalue weighted by Gasteiger charge is -2.31. The number of carbonyl (C=O) groups is 2. The molecule has 0 atom stereocenters. The van der Waals surface area contributed by atoms with E-state index in [4.69, 9.17) is 9.26 Å². The molecule has 0 unspecified atom stereocenters. The van der Waals surface area contributed by atoms with E-state index in [-0.39, 0.29) is 55.8 Å². The Morgan fingerprint density at radius 3 is 2.48 bits per heavy atom. The number of aromatic nitrogens is 2. The molecule has 0 saturated heterocycles. The minimum atomic E-state index is -0.165. The molecular formula is C29H41Cl2N7O4. The molecule has 0 radical (unpaired) electrons. The summed E-state index contributed by atoms with van der Waals surface area (Å²) in [6, 6.07) is 12.0. The Kier molecular flexibility index (Phi) is 13.0. The predicted molar refractivity (Wildman–Crippen MR) is 167 cm³/mol. The van der Waals surface area contributed by atoms with Crippen LogP contribution in [0.2, 0.25) is 0 Å². The van der Waals surface area contributed by atoms with Crippen molar-refractivity contribution in [3.63, 3.8) is 0 Å². The summed E-state index contributed by atoms with van der Waals surface area (Å²) in [5, 5.41) is 14.2. The van der Waals surface area contributed by atoms with Gasteiger partial charge in [0.25, 0.3) is 5.91 Å². The Hall–Kier alpha value is -3.38. The number of hydrogen-bond acceptors (Lipinski definition) is 9. The zero-order valence-corrected chi connectivity index (χ0v) is 26.6. The van der Waals surface area contributed by atoms with Gasteiger partial charge in [-0.1, -0.05) is 37.2 Å². The van der Waals surface area contributed by atoms with E-state index in [2.05, 4.69) is 20.8 Å². The summed E-state index contributed by atoms with van der Waals surface area (Å²) in [7, 11) is 3.40. The second-order valence-electron chi connectivity index (χ2n) is 10.3. The minimum Gasteiger partial charge on any atom is -0.497 e. The number of hydrogen-bond donors (Lipinski definition) is 2. The number of ether oxygens (including phenoxy) is 1. The molecule has 3 aromatic rings. The van der Waals surface area contributed by atoms with Gasteiger partial charge < -0.3 is 24.8 Å². The van der Waals surface area contributed by atoms with E-state index < -0.39 is 0 Å². The first kappa shape index (κ1) is 34.8. The molecule has 0 spiro atoms. The van der Waals surface area contributed by atoms with Crippen molar-refractivity contribution in [2.75, 3.05) is 45.7 Å². The number of fused-ring (bicyclic) bond motifs is 1. The van der Waals surface area contributed by atoms with Crippen molar-refractivity contribution in [3.05, 3.63) is 59.0 Å². The summed E-state index contributed by atoms with van der Waals surface area (Å²) in [4.78, 5) is 32.6. The number of halogens is 2. The van der Waals surface area contributed by atoms with Crippen LogP contribution < -0.4 is 15.4 Å². The SMILES string of the molecule is COc1ccc2c(c1)CN(N(C)C(=O)CN(CCNC(C)C)C(=O)CNc1cc(-c3noc(C)n3)ccc1C)C2.Cl.Cl. The average molecular weight is 623 g/mol. The highest BCUT2D eigenvalue weighted by Gasteiger charge is 2.27. The summed E-state index contributed by atoms with van der Waals surface area (Å²) >= 11 is 0. The maximum absolute atomic E-state index is 13.4. The molecule has 13 heteroatoms. The highest BCUT2D eigenvalue weighted by molar-refractivity contribution is 5.87. The normalized spacial score (nSPS) is 12.3. The number of benzene rings is 2. The van der Waals surface area contributed by atoms with Crippen LogP contribution >= 0.6 is 24.8 Å². The van der Waals surface area contributed by atoms with E-state index in [1.54, 1.807) is 31.0 Å². The molecule has 1 aliphatic heterocycles. The van der Waals surface area contributed by atoms with Crippen LogP contribution in [0.3, 0.4) is 0 Å². The van der Waals surface area contributed by atoms with Crippen molar-refractivity contribution < 1.29 is 18.8 Å². The van der Waals surface area contributed by atoms with E-state index >= 15 is 0 Å². The lowest BCUT2D eigenvalue weighted by molar-refractivity contribution is -0.151. The molecule has 11 nitrogen and oxygen atoms in total. The summed E-state index contributed by atoms with van der Waals surface area (Å²) in [6.45, 7) is 10.1. The number of likely N-dealkylation sites (N-methyl/N-ethyl adjacent to an activating group) is 1. The van der Waals surface area contributed by atoms with Crippen LogP contribution in [-0.2, 0) is 22.7 Å². The second kappa shape index (κ2) is 15.7. The number of rotatable bonds is 12. The van der Waals surface area contributed by atoms with E-state index in [1.807, 2.05) is 62.2 Å². The van der Waals surface area contributed by atoms with Crippen LogP contribution in [0.4, 0.5) is 5.69 Å². The van der Waals surface area contributed by atoms with Gasteiger partial charge in [-0.25, -0.2) is 5.01 Å². The van der Waals surface area contributed by atoms with Crippen LogP contribution in [-0.4, -0.2) is 83.3 Å². The summed E-state index contributed by atoms with van der Waals surface area (Å²) in [5.74, 6) is 1.46. The number of nitrogens with one attached hydrogen (secondary N) is 2. The topological polar surface area (TPSA) is 116 Å². The first-order valence-electron chi connectivity index (χ1n) is 13.5. The van der Waals surface area contributed by atoms with Crippen molar-refractivity contribution in [2.24, 2.45) is 0 Å². The second-order valence-corrected chi connectivity index (χ2v) is 10.3. The Morgan fingerprint density at radius 2 is 1.81 bits per heavy atom. The van der Waals surface area contributed by atoms with Gasteiger partial charge in [0.15, 0.2) is 0 Å². The van der Waals surface area contributed by atoms with Gasteiger partial charge in [0, 0.05) is 57.4 Å². The van der Waals surface area contributed by atoms with E-state index in [1.165, 1.54) is 0 Å². The van der Waals surface area contributed by atoms with Crippen molar-refractivity contribution in [1.82, 2.24) is 30.4 Å². The van der Waals surface area contributed by atoms with Crippen molar-refractivity contribution in [1.29, 1.82) is 0 Å². The molecular weight excluding hydrogens is 581 g/mol. The third kappa shape index (κ3) is 8.81. The summed E-state index contributed by atoms with van der Waals surface area (Å²) in [6.07, 6.45) is 0. The Morgan fingerprint density at radius 1 is 1.07 bits per heavy atom. The molecule has 2 N–H and O–H groups in total. The van der Waals surface area contributed by atoms with Gasteiger partial charge >= 0.3 is 0 Å². The maximum Gasteiger partial charge on any atom is 0.256 e. The van der Waals surface area contributed by atoms with Crippen LogP contribution in [0.25, 0.3) is 11.4 Å². The van der Waals surface area contributed by atoms with Crippen LogP contribution in [0.1, 0.15) is 36.4 Å². The van der Waals surface area contributed by atoms with Gasteiger partial charge in [0.1, 0.15) is 12.3 Å². The maximum atomic E-state index is 13.4. The number of aryl methyl sites for hydroxylation is 2. The van der Waals surface area contributed by atoms with Crippen LogP contribution in [0.5, 0.6) is 5.75 Å². The van der Waals surface area contributed by atoms with E-state index in [0.717, 1.165) is 33.7 Å². The number of hydrazine groups is 1. The summed E-state index contributed by atoms with van der Waals surface area (Å²) in [5.41, 5.74) is 4.85. The molecule has 230 valence electrons. The first-order valence-corrected chi connectivity index (χ1v) is 13.5. The lowest BCUT2D eigenvalue weighted by Crippen LogP contribution is -2.49. The molecule has 2 heterocycles. The number of carbonyl (C=O) groups excluding carboxylic acids is 2. The van der Waals surface area contributed by atoms with Crippen LogP contribution in [0.15, 0.2) is 40.9 Å². The molecule has 2 aromatic carbocycles. The standard InChI is InChI=1S/C29H39N7O4.2ClH/c1-19(2)30-11-12-35(18-28(38)34(5)36-16-23-9-10-25(39-6)13-24(23)17-36)27(37)15-31-26-14-22(8-7-20(26)3)29-32-21(4)40-33-29;;/h7-10,13-14,19,30-31H,11-12,15-18H2,1-6H3;2*1H. The van der Waals surface area contributed by atoms with E-state index in [9.17, 15) is 9.59 Å². The van der Waals surface area contributed by atoms with E-state index in [0.29, 0.717) is 37.9 Å².